The summed E-state index contributed by atoms with van der Waals surface area (Å²) in [6.45, 7) is 10.7. The molecule has 43 heavy (non-hydrogen) atoms. The van der Waals surface area contributed by atoms with Gasteiger partial charge >= 0.3 is 0 Å². The lowest BCUT2D eigenvalue weighted by atomic mass is 9.70. The van der Waals surface area contributed by atoms with Crippen LogP contribution in [0.3, 0.4) is 0 Å². The topological polar surface area (TPSA) is 81.2 Å². The zero-order valence-electron chi connectivity index (χ0n) is 24.6. The van der Waals surface area contributed by atoms with Crippen molar-refractivity contribution >= 4 is 51.1 Å². The van der Waals surface area contributed by atoms with E-state index in [1.54, 1.807) is 38.6 Å². The molecule has 1 N–H and O–H groups in total. The van der Waals surface area contributed by atoms with Crippen molar-refractivity contribution in [2.75, 3.05) is 31.1 Å². The zero-order chi connectivity index (χ0) is 30.7. The number of likely N-dealkylation sites (tertiary alicyclic amines) is 1. The molecule has 3 amide bonds. The molecule has 9 heteroatoms. The number of nitrogens with zero attached hydrogens (tertiary/aromatic N) is 3. The van der Waals surface area contributed by atoms with Crippen LogP contribution in [0.2, 0.25) is 0 Å². The number of fused-ring (bicyclic) bond motifs is 1. The summed E-state index contributed by atoms with van der Waals surface area (Å²) in [7, 11) is 0. The lowest BCUT2D eigenvalue weighted by Gasteiger charge is -2.40. The van der Waals surface area contributed by atoms with Gasteiger partial charge < -0.3 is 19.8 Å². The van der Waals surface area contributed by atoms with Crippen molar-refractivity contribution in [1.82, 2.24) is 9.80 Å². The minimum absolute atomic E-state index is 0.0556. The molecule has 3 heterocycles. The first-order chi connectivity index (χ1) is 20.8. The fourth-order valence-corrected chi connectivity index (χ4v) is 10.8. The molecule has 2 aromatic carbocycles. The van der Waals surface area contributed by atoms with E-state index in [2.05, 4.69) is 36.0 Å². The summed E-state index contributed by atoms with van der Waals surface area (Å²) in [5.74, 6) is -1.88. The second kappa shape index (κ2) is 13.4. The number of aliphatic hydroxyl groups is 1. The minimum Gasteiger partial charge on any atom is -0.394 e. The van der Waals surface area contributed by atoms with Crippen LogP contribution in [-0.4, -0.2) is 79.7 Å². The maximum absolute atomic E-state index is 14.8. The number of benzene rings is 2. The Morgan fingerprint density at radius 3 is 2.35 bits per heavy atom. The van der Waals surface area contributed by atoms with Gasteiger partial charge in [-0.15, -0.1) is 24.9 Å². The number of alkyl halides is 1. The fourth-order valence-electron chi connectivity index (χ4n) is 7.20. The first-order valence-electron chi connectivity index (χ1n) is 15.0. The summed E-state index contributed by atoms with van der Waals surface area (Å²) >= 11 is 5.49. The van der Waals surface area contributed by atoms with Gasteiger partial charge in [-0.25, -0.2) is 0 Å². The first-order valence-corrected chi connectivity index (χ1v) is 16.8. The van der Waals surface area contributed by atoms with E-state index in [9.17, 15) is 19.5 Å². The Hall–Kier alpha value is -2.88. The van der Waals surface area contributed by atoms with Gasteiger partial charge in [-0.2, -0.15) is 0 Å². The third kappa shape index (κ3) is 5.49. The molecule has 3 saturated heterocycles. The number of aliphatic hydroxyl groups excluding tert-OH is 1. The summed E-state index contributed by atoms with van der Waals surface area (Å²) in [5.41, 5.74) is 1.50. The molecular weight excluding hydrogens is 626 g/mol. The first kappa shape index (κ1) is 31.5. The number of thioether (sulfide) groups is 1. The summed E-state index contributed by atoms with van der Waals surface area (Å²) in [4.78, 5) is 49.1. The molecular formula is C34H40BrN3O4S. The summed E-state index contributed by atoms with van der Waals surface area (Å²) < 4.78 is -0.822. The monoisotopic (exact) mass is 665 g/mol. The van der Waals surface area contributed by atoms with Gasteiger partial charge in [0.05, 0.1) is 29.2 Å². The molecule has 0 radical (unpaired) electrons. The van der Waals surface area contributed by atoms with Crippen molar-refractivity contribution in [1.29, 1.82) is 0 Å². The molecule has 3 unspecified atom stereocenters. The summed E-state index contributed by atoms with van der Waals surface area (Å²) in [5, 5.41) is 10.6. The van der Waals surface area contributed by atoms with Crippen molar-refractivity contribution in [3.8, 4) is 0 Å². The summed E-state index contributed by atoms with van der Waals surface area (Å²) in [6.07, 6.45) is 5.73. The third-order valence-corrected chi connectivity index (χ3v) is 12.2. The third-order valence-electron chi connectivity index (χ3n) is 9.03. The number of carbonyl (C=O) groups is 3. The second-order valence-corrected chi connectivity index (χ2v) is 14.2. The predicted octanol–water partition coefficient (Wildman–Crippen LogP) is 5.22. The Balaban J connectivity index is 1.63. The highest BCUT2D eigenvalue weighted by atomic mass is 79.9. The van der Waals surface area contributed by atoms with E-state index in [0.29, 0.717) is 26.1 Å². The number of para-hydroxylation sites is 1. The molecule has 7 atom stereocenters. The Labute approximate surface area is 267 Å². The van der Waals surface area contributed by atoms with E-state index in [1.165, 1.54) is 0 Å². The maximum Gasteiger partial charge on any atom is 0.247 e. The van der Waals surface area contributed by atoms with Crippen molar-refractivity contribution in [2.45, 2.75) is 53.1 Å². The highest BCUT2D eigenvalue weighted by Gasteiger charge is 2.76. The number of carbonyl (C=O) groups excluding carboxylic acids is 3. The van der Waals surface area contributed by atoms with Crippen LogP contribution in [0, 0.1) is 11.8 Å². The standard InChI is InChI=1S/C34H40BrN3O4S/c1-4-7-20-36(18-5-2)33(42)30-34-21-25(35)29(43-34)27(31(40)37(19-6-3)24-16-12-9-13-17-24)28(34)32(41)38(30)26(22-39)23-14-10-8-11-15-23/h5-6,8-17,25-30,39H,2-4,7,18-22H2,1H3/t25?,26-,27+,28+,29+,30?,34?/m1/s1. The van der Waals surface area contributed by atoms with Crippen molar-refractivity contribution in [3.63, 3.8) is 0 Å². The second-order valence-electron chi connectivity index (χ2n) is 11.5. The lowest BCUT2D eigenvalue weighted by Crippen LogP contribution is -2.56. The van der Waals surface area contributed by atoms with Crippen molar-refractivity contribution in [2.24, 2.45) is 11.8 Å². The van der Waals surface area contributed by atoms with E-state index in [-0.39, 0.29) is 34.4 Å². The molecule has 3 aliphatic rings. The van der Waals surface area contributed by atoms with Crippen LogP contribution >= 0.6 is 27.7 Å². The van der Waals surface area contributed by atoms with Gasteiger partial charge in [-0.1, -0.05) is 90.0 Å². The van der Waals surface area contributed by atoms with Crippen LogP contribution in [0.25, 0.3) is 0 Å². The van der Waals surface area contributed by atoms with Crippen LogP contribution in [0.5, 0.6) is 0 Å². The maximum atomic E-state index is 14.8. The van der Waals surface area contributed by atoms with Gasteiger partial charge in [0.2, 0.25) is 17.7 Å². The molecule has 5 rings (SSSR count). The molecule has 0 aliphatic carbocycles. The Morgan fingerprint density at radius 2 is 1.74 bits per heavy atom. The molecule has 0 saturated carbocycles. The number of amides is 3. The number of hydrogen-bond donors (Lipinski definition) is 1. The highest BCUT2D eigenvalue weighted by Crippen LogP contribution is 2.68. The van der Waals surface area contributed by atoms with E-state index in [0.717, 1.165) is 24.1 Å². The van der Waals surface area contributed by atoms with E-state index in [1.807, 2.05) is 60.7 Å². The van der Waals surface area contributed by atoms with Crippen molar-refractivity contribution < 1.29 is 19.5 Å². The highest BCUT2D eigenvalue weighted by molar-refractivity contribution is 9.09. The number of rotatable bonds is 13. The molecule has 3 aliphatic heterocycles. The summed E-state index contributed by atoms with van der Waals surface area (Å²) in [6, 6.07) is 17.3. The number of hydrogen-bond acceptors (Lipinski definition) is 5. The van der Waals surface area contributed by atoms with Gasteiger partial charge in [-0.3, -0.25) is 14.4 Å². The molecule has 228 valence electrons. The van der Waals surface area contributed by atoms with E-state index >= 15 is 0 Å². The minimum atomic E-state index is -0.836. The Bertz CT molecular complexity index is 1340. The Morgan fingerprint density at radius 1 is 1.09 bits per heavy atom. The van der Waals surface area contributed by atoms with Gasteiger partial charge in [0, 0.05) is 35.4 Å². The average Bonchev–Trinajstić information content (AvgIpc) is 3.62. The van der Waals surface area contributed by atoms with Crippen LogP contribution in [0.1, 0.15) is 37.8 Å². The van der Waals surface area contributed by atoms with Gasteiger partial charge in [-0.05, 0) is 30.5 Å². The molecule has 2 bridgehead atoms. The van der Waals surface area contributed by atoms with Gasteiger partial charge in [0.1, 0.15) is 6.04 Å². The SMILES string of the molecule is C=CCN(CCCC)C(=O)C1N([C@H](CO)c2ccccc2)C(=O)[C@@H]2[C@H](C(=O)N(CC=C)c3ccccc3)[C@H]3SC12CC3Br. The van der Waals surface area contributed by atoms with Crippen LogP contribution in [0.4, 0.5) is 5.69 Å². The van der Waals surface area contributed by atoms with Crippen LogP contribution < -0.4 is 4.90 Å². The molecule has 7 nitrogen and oxygen atoms in total. The van der Waals surface area contributed by atoms with Crippen LogP contribution in [-0.2, 0) is 14.4 Å². The lowest BCUT2D eigenvalue weighted by molar-refractivity contribution is -0.145. The number of anilines is 1. The fraction of sp³-hybridized carbons (Fsp3) is 0.441. The van der Waals surface area contributed by atoms with Crippen molar-refractivity contribution in [3.05, 3.63) is 91.5 Å². The average molecular weight is 667 g/mol. The predicted molar refractivity (Wildman–Crippen MR) is 176 cm³/mol. The number of halogens is 1. The molecule has 0 aromatic heterocycles. The molecule has 1 spiro atoms. The van der Waals surface area contributed by atoms with E-state index < -0.39 is 28.7 Å². The van der Waals surface area contributed by atoms with E-state index in [4.69, 9.17) is 0 Å². The smallest absolute Gasteiger partial charge is 0.247 e. The normalized spacial score (nSPS) is 27.9. The molecule has 2 aromatic rings. The zero-order valence-corrected chi connectivity index (χ0v) is 27.0. The van der Waals surface area contributed by atoms with Gasteiger partial charge in [0.15, 0.2) is 0 Å². The molecule has 3 fully saturated rings. The van der Waals surface area contributed by atoms with Crippen LogP contribution in [0.15, 0.2) is 86.0 Å². The quantitative estimate of drug-likeness (QED) is 0.235. The largest absolute Gasteiger partial charge is 0.394 e. The Kier molecular flexibility index (Phi) is 9.83. The van der Waals surface area contributed by atoms with Gasteiger partial charge in [0.25, 0.3) is 0 Å². The number of unbranched alkanes of at least 4 members (excludes halogenated alkanes) is 1.